The summed E-state index contributed by atoms with van der Waals surface area (Å²) in [5, 5.41) is 6.23. The van der Waals surface area contributed by atoms with Gasteiger partial charge >= 0.3 is 0 Å². The van der Waals surface area contributed by atoms with Gasteiger partial charge < -0.3 is 19.8 Å². The smallest absolute Gasteiger partial charge is 0.291 e. The minimum Gasteiger partial charge on any atom is -0.492 e. The molecule has 0 fully saturated rings. The lowest BCUT2D eigenvalue weighted by molar-refractivity contribution is -0.121. The summed E-state index contributed by atoms with van der Waals surface area (Å²) in [6.45, 7) is 0.301. The van der Waals surface area contributed by atoms with Gasteiger partial charge in [0.25, 0.3) is 5.91 Å². The van der Waals surface area contributed by atoms with E-state index >= 15 is 0 Å². The number of anilines is 2. The Hall–Kier alpha value is -3.25. The van der Waals surface area contributed by atoms with Crippen LogP contribution in [0.25, 0.3) is 0 Å². The van der Waals surface area contributed by atoms with Gasteiger partial charge in [0.2, 0.25) is 5.91 Å². The number of furan rings is 1. The van der Waals surface area contributed by atoms with Crippen molar-refractivity contribution in [2.24, 2.45) is 5.92 Å². The molecule has 1 unspecified atom stereocenters. The molecule has 7 heteroatoms. The third-order valence-corrected chi connectivity index (χ3v) is 4.67. The number of carbonyl (C=O) groups excluding carboxylic acids is 2. The first-order chi connectivity index (χ1) is 13.6. The summed E-state index contributed by atoms with van der Waals surface area (Å²) in [4.78, 5) is 24.7. The standard InChI is InChI=1S/C21H17ClN2O4/c22-15-6-7-18-13(10-15)9-14(12-28-18)20(25)23-16-3-1-4-17(11-16)24-21(26)19-5-2-8-27-19/h1-8,10-11,14H,9,12H2,(H,23,25)(H,24,26). The molecule has 2 amide bonds. The van der Waals surface area contributed by atoms with Gasteiger partial charge in [-0.25, -0.2) is 0 Å². The number of nitrogens with one attached hydrogen (secondary N) is 2. The average Bonchev–Trinajstić information content (AvgIpc) is 3.22. The molecule has 0 aliphatic carbocycles. The number of ether oxygens (including phenoxy) is 1. The number of carbonyl (C=O) groups is 2. The number of fused-ring (bicyclic) bond motifs is 1. The molecule has 0 bridgehead atoms. The van der Waals surface area contributed by atoms with Crippen molar-refractivity contribution in [2.45, 2.75) is 6.42 Å². The van der Waals surface area contributed by atoms with Gasteiger partial charge in [0.1, 0.15) is 12.4 Å². The minimum atomic E-state index is -0.359. The second kappa shape index (κ2) is 7.78. The zero-order chi connectivity index (χ0) is 19.5. The van der Waals surface area contributed by atoms with Gasteiger partial charge in [-0.05, 0) is 60.5 Å². The van der Waals surface area contributed by atoms with E-state index in [9.17, 15) is 9.59 Å². The zero-order valence-corrected chi connectivity index (χ0v) is 15.5. The van der Waals surface area contributed by atoms with Crippen molar-refractivity contribution < 1.29 is 18.7 Å². The number of halogens is 1. The third-order valence-electron chi connectivity index (χ3n) is 4.43. The second-order valence-electron chi connectivity index (χ2n) is 6.47. The van der Waals surface area contributed by atoms with Crippen molar-refractivity contribution in [1.29, 1.82) is 0 Å². The van der Waals surface area contributed by atoms with Crippen LogP contribution in [0.15, 0.2) is 65.3 Å². The van der Waals surface area contributed by atoms with E-state index in [2.05, 4.69) is 10.6 Å². The predicted octanol–water partition coefficient (Wildman–Crippen LogP) is 4.38. The maximum Gasteiger partial charge on any atom is 0.291 e. The average molecular weight is 397 g/mol. The summed E-state index contributed by atoms with van der Waals surface area (Å²) in [6.07, 6.45) is 1.99. The summed E-state index contributed by atoms with van der Waals surface area (Å²) in [6, 6.07) is 15.6. The molecule has 2 heterocycles. The van der Waals surface area contributed by atoms with Gasteiger partial charge in [-0.15, -0.1) is 0 Å². The molecule has 2 N–H and O–H groups in total. The fourth-order valence-electron chi connectivity index (χ4n) is 3.05. The molecule has 1 aromatic heterocycles. The van der Waals surface area contributed by atoms with Crippen molar-refractivity contribution in [3.63, 3.8) is 0 Å². The zero-order valence-electron chi connectivity index (χ0n) is 14.8. The number of hydrogen-bond acceptors (Lipinski definition) is 4. The Morgan fingerprint density at radius 2 is 1.82 bits per heavy atom. The van der Waals surface area contributed by atoms with Crippen LogP contribution in [0.1, 0.15) is 16.1 Å². The van der Waals surface area contributed by atoms with Crippen LogP contribution in [0, 0.1) is 5.92 Å². The van der Waals surface area contributed by atoms with Crippen LogP contribution in [-0.2, 0) is 11.2 Å². The quantitative estimate of drug-likeness (QED) is 0.686. The highest BCUT2D eigenvalue weighted by Gasteiger charge is 2.26. The van der Waals surface area contributed by atoms with Crippen LogP contribution in [0.3, 0.4) is 0 Å². The van der Waals surface area contributed by atoms with Gasteiger partial charge in [-0.3, -0.25) is 9.59 Å². The summed E-state index contributed by atoms with van der Waals surface area (Å²) < 4.78 is 10.8. The topological polar surface area (TPSA) is 80.6 Å². The van der Waals surface area contributed by atoms with E-state index in [0.717, 1.165) is 11.3 Å². The molecule has 6 nitrogen and oxygen atoms in total. The van der Waals surface area contributed by atoms with E-state index in [1.165, 1.54) is 6.26 Å². The molecule has 4 rings (SSSR count). The van der Waals surface area contributed by atoms with Crippen molar-refractivity contribution in [1.82, 2.24) is 0 Å². The summed E-state index contributed by atoms with van der Waals surface area (Å²) in [5.41, 5.74) is 2.05. The van der Waals surface area contributed by atoms with Crippen molar-refractivity contribution in [3.8, 4) is 5.75 Å². The molecular weight excluding hydrogens is 380 g/mol. The largest absolute Gasteiger partial charge is 0.492 e. The first-order valence-electron chi connectivity index (χ1n) is 8.75. The van der Waals surface area contributed by atoms with Crippen LogP contribution >= 0.6 is 11.6 Å². The number of hydrogen-bond donors (Lipinski definition) is 2. The van der Waals surface area contributed by atoms with Crippen LogP contribution in [0.4, 0.5) is 11.4 Å². The highest BCUT2D eigenvalue weighted by Crippen LogP contribution is 2.30. The molecule has 3 aromatic rings. The van der Waals surface area contributed by atoms with E-state index in [1.54, 1.807) is 42.5 Å². The molecule has 2 aromatic carbocycles. The van der Waals surface area contributed by atoms with E-state index in [0.29, 0.717) is 29.4 Å². The first-order valence-corrected chi connectivity index (χ1v) is 9.13. The number of benzene rings is 2. The van der Waals surface area contributed by atoms with Gasteiger partial charge in [-0.1, -0.05) is 17.7 Å². The Morgan fingerprint density at radius 3 is 2.61 bits per heavy atom. The Bertz CT molecular complexity index is 1020. The summed E-state index contributed by atoms with van der Waals surface area (Å²) >= 11 is 6.03. The van der Waals surface area contributed by atoms with Gasteiger partial charge in [-0.2, -0.15) is 0 Å². The maximum absolute atomic E-state index is 12.7. The molecule has 1 aliphatic heterocycles. The Labute approximate surface area is 166 Å². The van der Waals surface area contributed by atoms with E-state index in [1.807, 2.05) is 12.1 Å². The van der Waals surface area contributed by atoms with Crippen LogP contribution in [0.5, 0.6) is 5.75 Å². The molecular formula is C21H17ClN2O4. The van der Waals surface area contributed by atoms with Crippen LogP contribution in [-0.4, -0.2) is 18.4 Å². The van der Waals surface area contributed by atoms with Crippen LogP contribution in [0.2, 0.25) is 5.02 Å². The number of amides is 2. The molecule has 1 aliphatic rings. The summed E-state index contributed by atoms with van der Waals surface area (Å²) in [5.74, 6) is 0.136. The van der Waals surface area contributed by atoms with Gasteiger partial charge in [0.05, 0.1) is 12.2 Å². The Morgan fingerprint density at radius 1 is 1.00 bits per heavy atom. The molecule has 0 saturated carbocycles. The SMILES string of the molecule is O=C(Nc1cccc(NC(=O)C2COc3ccc(Cl)cc3C2)c1)c1ccco1. The summed E-state index contributed by atoms with van der Waals surface area (Å²) in [7, 11) is 0. The predicted molar refractivity (Wildman–Crippen MR) is 106 cm³/mol. The highest BCUT2D eigenvalue weighted by atomic mass is 35.5. The number of rotatable bonds is 4. The second-order valence-corrected chi connectivity index (χ2v) is 6.90. The molecule has 0 spiro atoms. The Kier molecular flexibility index (Phi) is 5.04. The third kappa shape index (κ3) is 4.02. The lowest BCUT2D eigenvalue weighted by atomic mass is 9.96. The maximum atomic E-state index is 12.7. The van der Waals surface area contributed by atoms with Crippen LogP contribution < -0.4 is 15.4 Å². The fourth-order valence-corrected chi connectivity index (χ4v) is 3.25. The normalized spacial score (nSPS) is 15.2. The van der Waals surface area contributed by atoms with Gasteiger partial charge in [0.15, 0.2) is 5.76 Å². The molecule has 0 saturated heterocycles. The van der Waals surface area contributed by atoms with Crippen molar-refractivity contribution in [3.05, 3.63) is 77.2 Å². The monoisotopic (exact) mass is 396 g/mol. The van der Waals surface area contributed by atoms with Crippen molar-refractivity contribution in [2.75, 3.05) is 17.2 Å². The van der Waals surface area contributed by atoms with E-state index in [-0.39, 0.29) is 23.5 Å². The Balaban J connectivity index is 1.41. The van der Waals surface area contributed by atoms with E-state index in [4.69, 9.17) is 20.8 Å². The fraction of sp³-hybridized carbons (Fsp3) is 0.143. The molecule has 1 atom stereocenters. The highest BCUT2D eigenvalue weighted by molar-refractivity contribution is 6.30. The van der Waals surface area contributed by atoms with Gasteiger partial charge in [0, 0.05) is 16.4 Å². The first kappa shape index (κ1) is 18.1. The molecule has 28 heavy (non-hydrogen) atoms. The lowest BCUT2D eigenvalue weighted by Crippen LogP contribution is -2.32. The molecule has 0 radical (unpaired) electrons. The lowest BCUT2D eigenvalue weighted by Gasteiger charge is -2.24. The van der Waals surface area contributed by atoms with E-state index < -0.39 is 0 Å². The minimum absolute atomic E-state index is 0.153. The molecule has 142 valence electrons. The van der Waals surface area contributed by atoms with Crippen molar-refractivity contribution >= 4 is 34.8 Å².